The summed E-state index contributed by atoms with van der Waals surface area (Å²) in [7, 11) is 0. The van der Waals surface area contributed by atoms with Crippen LogP contribution in [0.3, 0.4) is 0 Å². The van der Waals surface area contributed by atoms with Crippen molar-refractivity contribution in [2.75, 3.05) is 0 Å². The molecule has 0 amide bonds. The highest BCUT2D eigenvalue weighted by atomic mass is 15.0. The van der Waals surface area contributed by atoms with E-state index < -0.39 is 0 Å². The van der Waals surface area contributed by atoms with E-state index in [4.69, 9.17) is 0 Å². The highest BCUT2D eigenvalue weighted by Crippen LogP contribution is 2.39. The van der Waals surface area contributed by atoms with Crippen LogP contribution in [0.5, 0.6) is 0 Å². The van der Waals surface area contributed by atoms with E-state index >= 15 is 0 Å². The van der Waals surface area contributed by atoms with Gasteiger partial charge in [0.15, 0.2) is 0 Å². The number of hydrogen-bond acceptors (Lipinski definition) is 1. The Morgan fingerprint density at radius 3 is 2.41 bits per heavy atom. The van der Waals surface area contributed by atoms with E-state index in [0.717, 1.165) is 18.0 Å². The van der Waals surface area contributed by atoms with Crippen LogP contribution < -0.4 is 5.32 Å². The van der Waals surface area contributed by atoms with Gasteiger partial charge in [-0.1, -0.05) is 37.1 Å². The summed E-state index contributed by atoms with van der Waals surface area (Å²) >= 11 is 0. The molecule has 2 saturated carbocycles. The summed E-state index contributed by atoms with van der Waals surface area (Å²) in [6.07, 6.45) is 8.39. The summed E-state index contributed by atoms with van der Waals surface area (Å²) in [5, 5.41) is 3.83. The van der Waals surface area contributed by atoms with E-state index in [-0.39, 0.29) is 0 Å². The van der Waals surface area contributed by atoms with Gasteiger partial charge in [-0.05, 0) is 49.7 Å². The van der Waals surface area contributed by atoms with Crippen molar-refractivity contribution in [2.24, 2.45) is 0 Å². The first-order valence-electron chi connectivity index (χ1n) is 7.14. The lowest BCUT2D eigenvalue weighted by Gasteiger charge is -2.38. The molecule has 1 heteroatoms. The third-order valence-electron chi connectivity index (χ3n) is 4.59. The second-order valence-electron chi connectivity index (χ2n) is 5.87. The fourth-order valence-corrected chi connectivity index (χ4v) is 3.48. The average molecular weight is 229 g/mol. The molecule has 0 spiro atoms. The molecular formula is C16H23N. The van der Waals surface area contributed by atoms with Crippen molar-refractivity contribution in [3.63, 3.8) is 0 Å². The van der Waals surface area contributed by atoms with Gasteiger partial charge in [0, 0.05) is 12.1 Å². The van der Waals surface area contributed by atoms with E-state index in [0.29, 0.717) is 0 Å². The Kier molecular flexibility index (Phi) is 3.19. The lowest BCUT2D eigenvalue weighted by atomic mass is 9.74. The molecule has 3 rings (SSSR count). The Morgan fingerprint density at radius 2 is 1.71 bits per heavy atom. The third-order valence-corrected chi connectivity index (χ3v) is 4.59. The Morgan fingerprint density at radius 1 is 1.00 bits per heavy atom. The summed E-state index contributed by atoms with van der Waals surface area (Å²) in [5.41, 5.74) is 3.05. The van der Waals surface area contributed by atoms with Gasteiger partial charge in [-0.25, -0.2) is 0 Å². The molecule has 0 aromatic heterocycles. The molecule has 0 atom stereocenters. The molecule has 2 fully saturated rings. The van der Waals surface area contributed by atoms with E-state index in [1.54, 1.807) is 5.56 Å². The van der Waals surface area contributed by atoms with Crippen LogP contribution in [-0.4, -0.2) is 12.1 Å². The number of aryl methyl sites for hydroxylation is 1. The van der Waals surface area contributed by atoms with Crippen LogP contribution in [-0.2, 0) is 0 Å². The van der Waals surface area contributed by atoms with E-state index in [2.05, 4.69) is 36.5 Å². The fourth-order valence-electron chi connectivity index (χ4n) is 3.48. The summed E-state index contributed by atoms with van der Waals surface area (Å²) in [6, 6.07) is 10.5. The maximum absolute atomic E-state index is 3.83. The zero-order valence-electron chi connectivity index (χ0n) is 10.8. The molecular weight excluding hydrogens is 206 g/mol. The number of benzene rings is 1. The molecule has 0 unspecified atom stereocenters. The van der Waals surface area contributed by atoms with Crippen molar-refractivity contribution < 1.29 is 0 Å². The van der Waals surface area contributed by atoms with Gasteiger partial charge in [0.1, 0.15) is 0 Å². The summed E-state index contributed by atoms with van der Waals surface area (Å²) in [4.78, 5) is 0. The molecule has 0 aliphatic heterocycles. The van der Waals surface area contributed by atoms with Gasteiger partial charge in [0.2, 0.25) is 0 Å². The van der Waals surface area contributed by atoms with Crippen LogP contribution in [0.2, 0.25) is 0 Å². The molecule has 1 nitrogen and oxygen atoms in total. The molecule has 0 heterocycles. The Hall–Kier alpha value is -0.820. The van der Waals surface area contributed by atoms with Crippen molar-refractivity contribution in [3.8, 4) is 0 Å². The Balaban J connectivity index is 1.52. The zero-order valence-corrected chi connectivity index (χ0v) is 10.8. The largest absolute Gasteiger partial charge is 0.311 e. The zero-order chi connectivity index (χ0) is 11.7. The van der Waals surface area contributed by atoms with Gasteiger partial charge < -0.3 is 5.32 Å². The topological polar surface area (TPSA) is 12.0 Å². The molecule has 2 aliphatic rings. The van der Waals surface area contributed by atoms with Crippen LogP contribution >= 0.6 is 0 Å². The molecule has 1 aromatic carbocycles. The predicted molar refractivity (Wildman–Crippen MR) is 72.3 cm³/mol. The van der Waals surface area contributed by atoms with E-state index in [9.17, 15) is 0 Å². The van der Waals surface area contributed by atoms with E-state index in [1.807, 2.05) is 0 Å². The van der Waals surface area contributed by atoms with Crippen LogP contribution in [0.1, 0.15) is 55.6 Å². The summed E-state index contributed by atoms with van der Waals surface area (Å²) in [5.74, 6) is 0.815. The first-order chi connectivity index (χ1) is 8.33. The highest BCUT2D eigenvalue weighted by molar-refractivity contribution is 5.31. The summed E-state index contributed by atoms with van der Waals surface area (Å²) < 4.78 is 0. The predicted octanol–water partition coefficient (Wildman–Crippen LogP) is 3.77. The molecule has 1 aromatic rings. The second kappa shape index (κ2) is 4.81. The normalized spacial score (nSPS) is 29.2. The third kappa shape index (κ3) is 2.40. The van der Waals surface area contributed by atoms with Gasteiger partial charge in [-0.2, -0.15) is 0 Å². The van der Waals surface area contributed by atoms with Crippen molar-refractivity contribution in [1.82, 2.24) is 5.32 Å². The van der Waals surface area contributed by atoms with Gasteiger partial charge in [-0.3, -0.25) is 0 Å². The SMILES string of the molecule is Cc1ccccc1C1CC(NC2CCCC2)C1. The molecule has 92 valence electrons. The minimum absolute atomic E-state index is 0.794. The fraction of sp³-hybridized carbons (Fsp3) is 0.625. The van der Waals surface area contributed by atoms with Crippen LogP contribution in [0.15, 0.2) is 24.3 Å². The standard InChI is InChI=1S/C16H23N/c1-12-6-2-5-9-16(12)13-10-15(11-13)17-14-7-3-4-8-14/h2,5-6,9,13-15,17H,3-4,7-8,10-11H2,1H3. The minimum Gasteiger partial charge on any atom is -0.311 e. The molecule has 2 aliphatic carbocycles. The Labute approximate surface area is 105 Å². The van der Waals surface area contributed by atoms with Crippen LogP contribution in [0, 0.1) is 6.92 Å². The number of hydrogen-bond donors (Lipinski definition) is 1. The number of rotatable bonds is 3. The molecule has 17 heavy (non-hydrogen) atoms. The quantitative estimate of drug-likeness (QED) is 0.832. The molecule has 0 saturated heterocycles. The lowest BCUT2D eigenvalue weighted by molar-refractivity contribution is 0.264. The second-order valence-corrected chi connectivity index (χ2v) is 5.87. The Bertz CT molecular complexity index is 373. The van der Waals surface area contributed by atoms with Crippen molar-refractivity contribution in [2.45, 2.75) is 63.5 Å². The average Bonchev–Trinajstić information content (AvgIpc) is 2.77. The van der Waals surface area contributed by atoms with Crippen LogP contribution in [0.4, 0.5) is 0 Å². The smallest absolute Gasteiger partial charge is 0.00813 e. The summed E-state index contributed by atoms with van der Waals surface area (Å²) in [6.45, 7) is 2.24. The first-order valence-corrected chi connectivity index (χ1v) is 7.14. The van der Waals surface area contributed by atoms with Crippen LogP contribution in [0.25, 0.3) is 0 Å². The monoisotopic (exact) mass is 229 g/mol. The van der Waals surface area contributed by atoms with Gasteiger partial charge >= 0.3 is 0 Å². The molecule has 1 N–H and O–H groups in total. The minimum atomic E-state index is 0.794. The maximum Gasteiger partial charge on any atom is 0.00813 e. The van der Waals surface area contributed by atoms with E-state index in [1.165, 1.54) is 44.1 Å². The van der Waals surface area contributed by atoms with Crippen molar-refractivity contribution in [3.05, 3.63) is 35.4 Å². The molecule has 0 bridgehead atoms. The molecule has 0 radical (unpaired) electrons. The lowest BCUT2D eigenvalue weighted by Crippen LogP contribution is -2.44. The maximum atomic E-state index is 3.83. The van der Waals surface area contributed by atoms with Gasteiger partial charge in [0.05, 0.1) is 0 Å². The van der Waals surface area contributed by atoms with Crippen molar-refractivity contribution in [1.29, 1.82) is 0 Å². The van der Waals surface area contributed by atoms with Gasteiger partial charge in [-0.15, -0.1) is 0 Å². The first kappa shape index (κ1) is 11.3. The highest BCUT2D eigenvalue weighted by Gasteiger charge is 2.32. The van der Waals surface area contributed by atoms with Crippen molar-refractivity contribution >= 4 is 0 Å². The number of nitrogens with one attached hydrogen (secondary N) is 1. The van der Waals surface area contributed by atoms with Gasteiger partial charge in [0.25, 0.3) is 0 Å².